The van der Waals surface area contributed by atoms with E-state index < -0.39 is 0 Å². The van der Waals surface area contributed by atoms with Crippen LogP contribution in [0.1, 0.15) is 26.7 Å². The Balaban J connectivity index is 2.23. The second-order valence-electron chi connectivity index (χ2n) is 2.90. The lowest BCUT2D eigenvalue weighted by atomic mass is 10.3. The molecule has 1 aliphatic heterocycles. The first-order valence-electron chi connectivity index (χ1n) is 4.51. The van der Waals surface area contributed by atoms with Gasteiger partial charge in [0.1, 0.15) is 6.10 Å². The number of ether oxygens (including phenoxy) is 1. The van der Waals surface area contributed by atoms with E-state index in [0.29, 0.717) is 0 Å². The minimum Gasteiger partial charge on any atom is -0.480 e. The van der Waals surface area contributed by atoms with E-state index in [4.69, 9.17) is 4.74 Å². The molecule has 68 valence electrons. The van der Waals surface area contributed by atoms with Gasteiger partial charge in [0.2, 0.25) is 0 Å². The van der Waals surface area contributed by atoms with Crippen molar-refractivity contribution in [3.63, 3.8) is 0 Å². The third-order valence-corrected chi connectivity index (χ3v) is 2.67. The van der Waals surface area contributed by atoms with Gasteiger partial charge in [0.15, 0.2) is 5.09 Å². The quantitative estimate of drug-likeness (QED) is 0.620. The molecule has 0 amide bonds. The molecule has 1 nitrogen and oxygen atoms in total. The summed E-state index contributed by atoms with van der Waals surface area (Å²) in [5, 5.41) is 1.07. The maximum absolute atomic E-state index is 5.57. The maximum Gasteiger partial charge on any atom is 0.154 e. The standard InChI is InChI=1S/C10H16OS/c1-3-4-8-12-10-7-5-6-9(2)11-10/h5-7,9H,3-4,8H2,1-2H3/t9-/m1/s1. The van der Waals surface area contributed by atoms with E-state index in [1.807, 2.05) is 17.8 Å². The summed E-state index contributed by atoms with van der Waals surface area (Å²) in [5.74, 6) is 1.17. The van der Waals surface area contributed by atoms with Gasteiger partial charge in [-0.2, -0.15) is 0 Å². The Morgan fingerprint density at radius 2 is 2.42 bits per heavy atom. The highest BCUT2D eigenvalue weighted by Crippen LogP contribution is 2.23. The van der Waals surface area contributed by atoms with E-state index in [-0.39, 0.29) is 6.10 Å². The van der Waals surface area contributed by atoms with Crippen LogP contribution in [0.2, 0.25) is 0 Å². The summed E-state index contributed by atoms with van der Waals surface area (Å²) < 4.78 is 5.57. The molecule has 0 spiro atoms. The summed E-state index contributed by atoms with van der Waals surface area (Å²) in [6.45, 7) is 4.27. The van der Waals surface area contributed by atoms with E-state index in [1.165, 1.54) is 18.6 Å². The maximum atomic E-state index is 5.57. The zero-order valence-electron chi connectivity index (χ0n) is 7.75. The van der Waals surface area contributed by atoms with Gasteiger partial charge < -0.3 is 4.74 Å². The lowest BCUT2D eigenvalue weighted by molar-refractivity contribution is 0.190. The smallest absolute Gasteiger partial charge is 0.154 e. The Kier molecular flexibility index (Phi) is 4.30. The van der Waals surface area contributed by atoms with Crippen molar-refractivity contribution in [2.45, 2.75) is 32.8 Å². The average Bonchev–Trinajstić information content (AvgIpc) is 2.05. The Bertz CT molecular complexity index is 184. The van der Waals surface area contributed by atoms with E-state index in [9.17, 15) is 0 Å². The van der Waals surface area contributed by atoms with Crippen LogP contribution in [0.5, 0.6) is 0 Å². The third-order valence-electron chi connectivity index (χ3n) is 1.66. The number of hydrogen-bond acceptors (Lipinski definition) is 2. The summed E-state index contributed by atoms with van der Waals surface area (Å²) >= 11 is 1.81. The van der Waals surface area contributed by atoms with Gasteiger partial charge in [-0.25, -0.2) is 0 Å². The van der Waals surface area contributed by atoms with Crippen LogP contribution < -0.4 is 0 Å². The minimum atomic E-state index is 0.249. The molecular weight excluding hydrogens is 168 g/mol. The van der Waals surface area contributed by atoms with Crippen molar-refractivity contribution in [1.29, 1.82) is 0 Å². The molecular formula is C10H16OS. The zero-order valence-corrected chi connectivity index (χ0v) is 8.56. The minimum absolute atomic E-state index is 0.249. The van der Waals surface area contributed by atoms with Gasteiger partial charge in [-0.1, -0.05) is 31.2 Å². The van der Waals surface area contributed by atoms with Crippen LogP contribution in [0.15, 0.2) is 23.3 Å². The van der Waals surface area contributed by atoms with E-state index in [1.54, 1.807) is 0 Å². The fourth-order valence-electron chi connectivity index (χ4n) is 0.952. The summed E-state index contributed by atoms with van der Waals surface area (Å²) in [4.78, 5) is 0. The molecule has 12 heavy (non-hydrogen) atoms. The predicted molar refractivity (Wildman–Crippen MR) is 55.1 cm³/mol. The first-order chi connectivity index (χ1) is 5.83. The first kappa shape index (κ1) is 9.72. The van der Waals surface area contributed by atoms with Crippen molar-refractivity contribution in [3.8, 4) is 0 Å². The topological polar surface area (TPSA) is 9.23 Å². The third kappa shape index (κ3) is 3.35. The monoisotopic (exact) mass is 184 g/mol. The van der Waals surface area contributed by atoms with Crippen molar-refractivity contribution in [1.82, 2.24) is 0 Å². The average molecular weight is 184 g/mol. The Morgan fingerprint density at radius 1 is 1.58 bits per heavy atom. The zero-order chi connectivity index (χ0) is 8.81. The molecule has 0 aromatic heterocycles. The van der Waals surface area contributed by atoms with Crippen molar-refractivity contribution < 1.29 is 4.74 Å². The number of thioether (sulfide) groups is 1. The molecule has 0 saturated carbocycles. The van der Waals surface area contributed by atoms with Crippen LogP contribution in [-0.4, -0.2) is 11.9 Å². The summed E-state index contributed by atoms with van der Waals surface area (Å²) in [5.41, 5.74) is 0. The number of allylic oxidation sites excluding steroid dienone is 2. The molecule has 1 rings (SSSR count). The van der Waals surface area contributed by atoms with Crippen LogP contribution in [-0.2, 0) is 4.74 Å². The molecule has 1 aliphatic rings. The molecule has 0 saturated heterocycles. The fraction of sp³-hybridized carbons (Fsp3) is 0.600. The highest BCUT2D eigenvalue weighted by Gasteiger charge is 2.06. The summed E-state index contributed by atoms with van der Waals surface area (Å²) in [6.07, 6.45) is 8.95. The van der Waals surface area contributed by atoms with Crippen LogP contribution in [0.3, 0.4) is 0 Å². The first-order valence-corrected chi connectivity index (χ1v) is 5.49. The van der Waals surface area contributed by atoms with Crippen molar-refractivity contribution in [2.24, 2.45) is 0 Å². The van der Waals surface area contributed by atoms with Crippen molar-refractivity contribution in [3.05, 3.63) is 23.3 Å². The summed E-state index contributed by atoms with van der Waals surface area (Å²) in [6, 6.07) is 0. The van der Waals surface area contributed by atoms with Gasteiger partial charge in [-0.05, 0) is 25.5 Å². The van der Waals surface area contributed by atoms with Gasteiger partial charge in [0, 0.05) is 5.75 Å². The molecule has 0 unspecified atom stereocenters. The molecule has 1 heterocycles. The lowest BCUT2D eigenvalue weighted by Gasteiger charge is -2.16. The van der Waals surface area contributed by atoms with Crippen LogP contribution in [0.4, 0.5) is 0 Å². The largest absolute Gasteiger partial charge is 0.480 e. The number of unbranched alkanes of at least 4 members (excludes halogenated alkanes) is 1. The van der Waals surface area contributed by atoms with Crippen LogP contribution in [0, 0.1) is 0 Å². The van der Waals surface area contributed by atoms with Gasteiger partial charge in [0.25, 0.3) is 0 Å². The highest BCUT2D eigenvalue weighted by atomic mass is 32.2. The fourth-order valence-corrected chi connectivity index (χ4v) is 1.98. The number of rotatable bonds is 4. The Hall–Kier alpha value is -0.370. The van der Waals surface area contributed by atoms with Crippen molar-refractivity contribution in [2.75, 3.05) is 5.75 Å². The highest BCUT2D eigenvalue weighted by molar-refractivity contribution is 8.02. The lowest BCUT2D eigenvalue weighted by Crippen LogP contribution is -2.05. The van der Waals surface area contributed by atoms with Crippen LogP contribution in [0.25, 0.3) is 0 Å². The van der Waals surface area contributed by atoms with Gasteiger partial charge in [0.05, 0.1) is 0 Å². The Labute approximate surface area is 78.9 Å². The van der Waals surface area contributed by atoms with E-state index >= 15 is 0 Å². The SMILES string of the molecule is CCCCSC1=CC=C[C@@H](C)O1. The van der Waals surface area contributed by atoms with Gasteiger partial charge in [-0.15, -0.1) is 0 Å². The molecule has 0 bridgehead atoms. The van der Waals surface area contributed by atoms with Crippen LogP contribution >= 0.6 is 11.8 Å². The normalized spacial score (nSPS) is 21.8. The molecule has 2 heteroatoms. The van der Waals surface area contributed by atoms with E-state index in [0.717, 1.165) is 5.09 Å². The number of hydrogen-bond donors (Lipinski definition) is 0. The van der Waals surface area contributed by atoms with Crippen molar-refractivity contribution >= 4 is 11.8 Å². The van der Waals surface area contributed by atoms with Gasteiger partial charge >= 0.3 is 0 Å². The molecule has 0 radical (unpaired) electrons. The summed E-state index contributed by atoms with van der Waals surface area (Å²) in [7, 11) is 0. The molecule has 0 aromatic rings. The molecule has 1 atom stereocenters. The molecule has 0 aliphatic carbocycles. The molecule has 0 aromatic carbocycles. The molecule has 0 N–H and O–H groups in total. The second kappa shape index (κ2) is 5.31. The predicted octanol–water partition coefficient (Wildman–Crippen LogP) is 3.34. The Morgan fingerprint density at radius 3 is 3.08 bits per heavy atom. The molecule has 0 fully saturated rings. The second-order valence-corrected chi connectivity index (χ2v) is 3.99. The van der Waals surface area contributed by atoms with Gasteiger partial charge in [-0.3, -0.25) is 0 Å². The van der Waals surface area contributed by atoms with E-state index in [2.05, 4.69) is 26.0 Å².